The molecule has 6 N–H and O–H groups in total. The average Bonchev–Trinajstić information content (AvgIpc) is 3.43. The van der Waals surface area contributed by atoms with Gasteiger partial charge in [-0.25, -0.2) is 8.42 Å². The molecule has 4 aromatic rings. The monoisotopic (exact) mass is 620 g/mol. The summed E-state index contributed by atoms with van der Waals surface area (Å²) in [7, 11) is -3.55. The largest absolute Gasteiger partial charge is 0.506 e. The first-order valence-electron chi connectivity index (χ1n) is 14.9. The predicted octanol–water partition coefficient (Wildman–Crippen LogP) is 4.27. The van der Waals surface area contributed by atoms with Gasteiger partial charge in [0.05, 0.1) is 11.9 Å². The first kappa shape index (κ1) is 31.4. The maximum Gasteiger partial charge on any atom is 0.251 e. The molecule has 1 aliphatic rings. The molecule has 1 heterocycles. The Balaban J connectivity index is 1.01. The highest BCUT2D eigenvalue weighted by Gasteiger charge is 2.23. The summed E-state index contributed by atoms with van der Waals surface area (Å²) >= 11 is 0. The quantitative estimate of drug-likeness (QED) is 0.122. The zero-order valence-corrected chi connectivity index (χ0v) is 25.6. The van der Waals surface area contributed by atoms with E-state index in [1.54, 1.807) is 0 Å². The number of sulfonamides is 1. The molecule has 0 radical (unpaired) electrons. The molecule has 0 spiro atoms. The molecule has 11 heteroatoms. The fourth-order valence-electron chi connectivity index (χ4n) is 5.73. The number of phenols is 1. The van der Waals surface area contributed by atoms with E-state index in [2.05, 4.69) is 38.5 Å². The molecule has 10 nitrogen and oxygen atoms in total. The van der Waals surface area contributed by atoms with Gasteiger partial charge in [0.25, 0.3) is 5.91 Å². The number of aliphatic hydroxyl groups excluding tert-OH is 1. The molecule has 1 fully saturated rings. The van der Waals surface area contributed by atoms with Gasteiger partial charge in [-0.05, 0) is 79.5 Å². The molecule has 44 heavy (non-hydrogen) atoms. The van der Waals surface area contributed by atoms with Gasteiger partial charge in [0.1, 0.15) is 24.2 Å². The van der Waals surface area contributed by atoms with Crippen LogP contribution in [-0.4, -0.2) is 67.6 Å². The summed E-state index contributed by atoms with van der Waals surface area (Å²) in [5.41, 5.74) is 4.22. The number of fused-ring (bicyclic) bond motifs is 1. The van der Waals surface area contributed by atoms with Gasteiger partial charge in [0.15, 0.2) is 0 Å². The molecular formula is C33H40N4O6S. The third-order valence-electron chi connectivity index (χ3n) is 8.07. The second-order valence-corrected chi connectivity index (χ2v) is 13.2. The van der Waals surface area contributed by atoms with Crippen molar-refractivity contribution in [3.8, 4) is 11.5 Å². The fourth-order valence-corrected chi connectivity index (χ4v) is 6.29. The van der Waals surface area contributed by atoms with Gasteiger partial charge >= 0.3 is 0 Å². The van der Waals surface area contributed by atoms with Crippen LogP contribution in [0.5, 0.6) is 11.5 Å². The summed E-state index contributed by atoms with van der Waals surface area (Å²) in [6, 6.07) is 20.6. The number of H-pyrrole nitrogens is 1. The van der Waals surface area contributed by atoms with E-state index < -0.39 is 16.1 Å². The minimum absolute atomic E-state index is 0.0182. The van der Waals surface area contributed by atoms with Gasteiger partial charge in [0.2, 0.25) is 10.0 Å². The number of aliphatic hydroxyl groups is 1. The van der Waals surface area contributed by atoms with Crippen molar-refractivity contribution in [2.24, 2.45) is 0 Å². The lowest BCUT2D eigenvalue weighted by Crippen LogP contribution is -2.39. The van der Waals surface area contributed by atoms with E-state index in [0.717, 1.165) is 43.9 Å². The lowest BCUT2D eigenvalue weighted by Gasteiger charge is -2.30. The van der Waals surface area contributed by atoms with E-state index in [4.69, 9.17) is 4.74 Å². The average molecular weight is 621 g/mol. The lowest BCUT2D eigenvalue weighted by atomic mass is 9.81. The number of amides is 1. The molecule has 1 atom stereocenters. The molecule has 1 saturated carbocycles. The van der Waals surface area contributed by atoms with Gasteiger partial charge in [-0.1, -0.05) is 30.3 Å². The van der Waals surface area contributed by atoms with Crippen LogP contribution in [0, 0.1) is 0 Å². The molecule has 3 aromatic carbocycles. The second-order valence-electron chi connectivity index (χ2n) is 11.5. The molecule has 0 saturated heterocycles. The third-order valence-corrected chi connectivity index (χ3v) is 8.66. The number of hydrogen-bond acceptors (Lipinski definition) is 7. The van der Waals surface area contributed by atoms with E-state index in [1.165, 1.54) is 34.7 Å². The molecule has 1 amide bonds. The van der Waals surface area contributed by atoms with Crippen molar-refractivity contribution < 1.29 is 28.2 Å². The fraction of sp³-hybridized carbons (Fsp3) is 0.364. The number of nitrogens with one attached hydrogen (secondary N) is 4. The van der Waals surface area contributed by atoms with Gasteiger partial charge in [-0.3, -0.25) is 9.52 Å². The maximum atomic E-state index is 12.7. The summed E-state index contributed by atoms with van der Waals surface area (Å²) in [5, 5.41) is 27.9. The molecular weight excluding hydrogens is 580 g/mol. The van der Waals surface area contributed by atoms with Crippen LogP contribution in [0.15, 0.2) is 72.9 Å². The van der Waals surface area contributed by atoms with Crippen molar-refractivity contribution in [3.05, 3.63) is 89.6 Å². The van der Waals surface area contributed by atoms with Crippen LogP contribution in [0.2, 0.25) is 0 Å². The number of benzene rings is 3. The Bertz CT molecular complexity index is 1660. The van der Waals surface area contributed by atoms with Crippen LogP contribution in [-0.2, 0) is 16.4 Å². The van der Waals surface area contributed by atoms with Crippen LogP contribution >= 0.6 is 0 Å². The molecule has 1 aromatic heterocycles. The number of rotatable bonds is 13. The highest BCUT2D eigenvalue weighted by atomic mass is 32.2. The number of aromatic amines is 1. The molecule has 1 aliphatic carbocycles. The predicted molar refractivity (Wildman–Crippen MR) is 172 cm³/mol. The number of carbonyl (C=O) groups excluding carboxylic acids is 1. The third kappa shape index (κ3) is 8.52. The normalized spacial score (nSPS) is 17.7. The molecule has 0 bridgehead atoms. The number of ether oxygens (including phenoxy) is 1. The minimum atomic E-state index is -3.55. The highest BCUT2D eigenvalue weighted by Crippen LogP contribution is 2.33. The second kappa shape index (κ2) is 14.1. The zero-order valence-electron chi connectivity index (χ0n) is 24.8. The first-order chi connectivity index (χ1) is 21.1. The van der Waals surface area contributed by atoms with E-state index in [1.807, 2.05) is 36.5 Å². The number of hydrogen-bond donors (Lipinski definition) is 6. The summed E-state index contributed by atoms with van der Waals surface area (Å²) in [6.07, 6.45) is 7.00. The molecule has 5 rings (SSSR count). The van der Waals surface area contributed by atoms with Crippen LogP contribution in [0.3, 0.4) is 0 Å². The Kier molecular flexibility index (Phi) is 10.1. The number of aromatic hydroxyl groups is 1. The summed E-state index contributed by atoms with van der Waals surface area (Å²) < 4.78 is 30.8. The topological polar surface area (TPSA) is 153 Å². The Morgan fingerprint density at radius 3 is 2.55 bits per heavy atom. The maximum absolute atomic E-state index is 12.7. The number of para-hydroxylation sites is 1. The first-order valence-corrected chi connectivity index (χ1v) is 16.8. The number of aromatic nitrogens is 1. The molecule has 0 unspecified atom stereocenters. The van der Waals surface area contributed by atoms with Crippen LogP contribution in [0.25, 0.3) is 10.9 Å². The van der Waals surface area contributed by atoms with Crippen molar-refractivity contribution in [2.45, 2.75) is 50.2 Å². The van der Waals surface area contributed by atoms with Crippen molar-refractivity contribution in [3.63, 3.8) is 0 Å². The van der Waals surface area contributed by atoms with E-state index >= 15 is 0 Å². The smallest absolute Gasteiger partial charge is 0.251 e. The van der Waals surface area contributed by atoms with Gasteiger partial charge in [0, 0.05) is 47.9 Å². The van der Waals surface area contributed by atoms with Crippen molar-refractivity contribution in [1.82, 2.24) is 15.6 Å². The lowest BCUT2D eigenvalue weighted by molar-refractivity contribution is 0.0954. The minimum Gasteiger partial charge on any atom is -0.506 e. The van der Waals surface area contributed by atoms with Gasteiger partial charge in [-0.15, -0.1) is 0 Å². The summed E-state index contributed by atoms with van der Waals surface area (Å²) in [4.78, 5) is 16.0. The van der Waals surface area contributed by atoms with E-state index in [9.17, 15) is 23.4 Å². The Labute approximate surface area is 257 Å². The van der Waals surface area contributed by atoms with E-state index in [-0.39, 0.29) is 24.0 Å². The van der Waals surface area contributed by atoms with Crippen LogP contribution in [0.1, 0.15) is 53.1 Å². The zero-order chi connectivity index (χ0) is 31.1. The highest BCUT2D eigenvalue weighted by molar-refractivity contribution is 7.92. The van der Waals surface area contributed by atoms with Crippen molar-refractivity contribution in [1.29, 1.82) is 0 Å². The van der Waals surface area contributed by atoms with Crippen molar-refractivity contribution in [2.75, 3.05) is 30.7 Å². The summed E-state index contributed by atoms with van der Waals surface area (Å²) in [5.74, 6) is 0.491. The molecule has 0 aliphatic heterocycles. The SMILES string of the molecule is CS(=O)(=O)Nc1cc(OC[C@@H](O)CN[C@H]2CC[C@H](c3ccc(C(=O)NCCc4c[nH]c5ccccc45)cc3)CC2)ccc1O. The Morgan fingerprint density at radius 1 is 1.05 bits per heavy atom. The Morgan fingerprint density at radius 2 is 1.80 bits per heavy atom. The Hall–Kier alpha value is -4.06. The number of anilines is 1. The number of phenolic OH excluding ortho intramolecular Hbond substituents is 1. The van der Waals surface area contributed by atoms with Gasteiger partial charge in [-0.2, -0.15) is 0 Å². The standard InChI is InChI=1S/C33H40N4O6S/c1-44(41,42)37-31-18-28(14-15-32(31)39)43-21-27(38)20-35-26-12-10-23(11-13-26)22-6-8-24(9-7-22)33(40)34-17-16-25-19-36-30-5-3-2-4-29(25)30/h2-9,14-15,18-19,23,26-27,35-39H,10-13,16-17,20-21H2,1H3,(H,34,40)/t23-,26-,27-/m0/s1. The van der Waals surface area contributed by atoms with Crippen LogP contribution < -0.4 is 20.1 Å². The molecule has 234 valence electrons. The van der Waals surface area contributed by atoms with Crippen molar-refractivity contribution >= 4 is 32.5 Å². The van der Waals surface area contributed by atoms with Gasteiger partial charge < -0.3 is 30.6 Å². The van der Waals surface area contributed by atoms with E-state index in [0.29, 0.717) is 36.4 Å². The summed E-state index contributed by atoms with van der Waals surface area (Å²) in [6.45, 7) is 0.960. The van der Waals surface area contributed by atoms with Crippen LogP contribution in [0.4, 0.5) is 5.69 Å². The number of carbonyl (C=O) groups is 1.